The zero-order valence-electron chi connectivity index (χ0n) is 19.9. The van der Waals surface area contributed by atoms with Crippen molar-refractivity contribution in [3.05, 3.63) is 54.5 Å². The van der Waals surface area contributed by atoms with Gasteiger partial charge in [-0.05, 0) is 54.5 Å². The molecule has 1 aliphatic rings. The molecule has 0 saturated carbocycles. The second-order valence-electron chi connectivity index (χ2n) is 8.82. The Bertz CT molecular complexity index is 1480. The lowest BCUT2D eigenvalue weighted by molar-refractivity contribution is 0.230. The highest BCUT2D eigenvalue weighted by atomic mass is 32.1. The van der Waals surface area contributed by atoms with Crippen molar-refractivity contribution in [3.8, 4) is 28.1 Å². The van der Waals surface area contributed by atoms with Gasteiger partial charge >= 0.3 is 0 Å². The van der Waals surface area contributed by atoms with Crippen molar-refractivity contribution in [2.24, 2.45) is 5.92 Å². The molecule has 4 heterocycles. The molecule has 0 unspecified atom stereocenters. The SMILES string of the molecule is COc1cc(OC[C@@H]2CCCN(c3ccc(F)cc3)C2)c2cc(-c3cn4nc(OC)sc4n3)oc2c1. The Labute approximate surface area is 210 Å². The van der Waals surface area contributed by atoms with Crippen LogP contribution < -0.4 is 19.1 Å². The van der Waals surface area contributed by atoms with Crippen molar-refractivity contribution in [2.45, 2.75) is 12.8 Å². The minimum Gasteiger partial charge on any atom is -0.496 e. The fourth-order valence-corrected chi connectivity index (χ4v) is 5.32. The van der Waals surface area contributed by atoms with Crippen molar-refractivity contribution in [2.75, 3.05) is 38.8 Å². The Morgan fingerprint density at radius 2 is 2.00 bits per heavy atom. The van der Waals surface area contributed by atoms with E-state index in [2.05, 4.69) is 15.0 Å². The van der Waals surface area contributed by atoms with E-state index >= 15 is 0 Å². The molecule has 6 rings (SSSR count). The molecule has 36 heavy (non-hydrogen) atoms. The maximum Gasteiger partial charge on any atom is 0.294 e. The van der Waals surface area contributed by atoms with Crippen molar-refractivity contribution in [1.82, 2.24) is 14.6 Å². The van der Waals surface area contributed by atoms with Crippen LogP contribution in [0.3, 0.4) is 0 Å². The Balaban J connectivity index is 1.23. The molecule has 0 radical (unpaired) electrons. The molecule has 8 nitrogen and oxygen atoms in total. The summed E-state index contributed by atoms with van der Waals surface area (Å²) in [5, 5.41) is 5.74. The van der Waals surface area contributed by atoms with Gasteiger partial charge in [0.15, 0.2) is 5.76 Å². The Morgan fingerprint density at radius 1 is 1.14 bits per heavy atom. The smallest absolute Gasteiger partial charge is 0.294 e. The number of hydrogen-bond donors (Lipinski definition) is 0. The summed E-state index contributed by atoms with van der Waals surface area (Å²) in [5.74, 6) is 2.12. The third-order valence-electron chi connectivity index (χ3n) is 6.45. The van der Waals surface area contributed by atoms with Gasteiger partial charge in [0.2, 0.25) is 4.96 Å². The molecule has 0 N–H and O–H groups in total. The van der Waals surface area contributed by atoms with Crippen LogP contribution in [0.5, 0.6) is 16.7 Å². The largest absolute Gasteiger partial charge is 0.496 e. The summed E-state index contributed by atoms with van der Waals surface area (Å²) < 4.78 is 38.2. The number of fused-ring (bicyclic) bond motifs is 2. The summed E-state index contributed by atoms with van der Waals surface area (Å²) in [6.07, 6.45) is 3.95. The lowest BCUT2D eigenvalue weighted by atomic mass is 9.98. The van der Waals surface area contributed by atoms with E-state index in [9.17, 15) is 4.39 Å². The molecular weight excluding hydrogens is 483 g/mol. The summed E-state index contributed by atoms with van der Waals surface area (Å²) >= 11 is 1.36. The van der Waals surface area contributed by atoms with E-state index in [0.29, 0.717) is 46.3 Å². The number of methoxy groups -OCH3 is 2. The second-order valence-corrected chi connectivity index (χ2v) is 9.73. The maximum absolute atomic E-state index is 13.3. The van der Waals surface area contributed by atoms with Crippen molar-refractivity contribution < 1.29 is 23.0 Å². The van der Waals surface area contributed by atoms with Gasteiger partial charge < -0.3 is 23.5 Å². The van der Waals surface area contributed by atoms with Crippen LogP contribution >= 0.6 is 11.3 Å². The Kier molecular flexibility index (Phi) is 5.88. The van der Waals surface area contributed by atoms with Crippen LogP contribution in [-0.4, -0.2) is 48.5 Å². The minimum absolute atomic E-state index is 0.219. The summed E-state index contributed by atoms with van der Waals surface area (Å²) in [7, 11) is 3.21. The summed E-state index contributed by atoms with van der Waals surface area (Å²) in [5.41, 5.74) is 2.38. The standard InChI is InChI=1S/C26H25FN4O4S/c1-32-19-10-22(34-15-16-4-3-9-30(13-16)18-7-5-17(27)6-8-18)20-12-24(35-23(20)11-19)21-14-31-25(28-21)36-26(29-31)33-2/h5-8,10-12,14,16H,3-4,9,13,15H2,1-2H3/t16-/m1/s1. The highest BCUT2D eigenvalue weighted by molar-refractivity contribution is 7.18. The molecular formula is C26H25FN4O4S. The first kappa shape index (κ1) is 22.7. The van der Waals surface area contributed by atoms with Gasteiger partial charge in [-0.25, -0.2) is 13.9 Å². The quantitative estimate of drug-likeness (QED) is 0.281. The molecule has 186 valence electrons. The zero-order chi connectivity index (χ0) is 24.6. The molecule has 1 atom stereocenters. The van der Waals surface area contributed by atoms with Crippen LogP contribution in [0.25, 0.3) is 27.4 Å². The zero-order valence-corrected chi connectivity index (χ0v) is 20.8. The van der Waals surface area contributed by atoms with E-state index in [1.165, 1.54) is 23.5 Å². The third-order valence-corrected chi connectivity index (χ3v) is 7.33. The third kappa shape index (κ3) is 4.32. The monoisotopic (exact) mass is 508 g/mol. The Hall–Kier alpha value is -3.79. The number of piperidine rings is 1. The van der Waals surface area contributed by atoms with E-state index in [1.807, 2.05) is 36.5 Å². The van der Waals surface area contributed by atoms with E-state index in [0.717, 1.165) is 42.0 Å². The molecule has 0 spiro atoms. The first-order valence-corrected chi connectivity index (χ1v) is 12.6. The molecule has 1 aliphatic heterocycles. The van der Waals surface area contributed by atoms with Gasteiger partial charge in [0.05, 0.1) is 32.4 Å². The van der Waals surface area contributed by atoms with Crippen molar-refractivity contribution >= 4 is 33.0 Å². The number of benzene rings is 2. The molecule has 2 aromatic carbocycles. The maximum atomic E-state index is 13.3. The molecule has 1 saturated heterocycles. The number of furan rings is 1. The number of anilines is 1. The summed E-state index contributed by atoms with van der Waals surface area (Å²) in [6.45, 7) is 2.38. The highest BCUT2D eigenvalue weighted by Gasteiger charge is 2.22. The average molecular weight is 509 g/mol. The number of rotatable bonds is 7. The number of nitrogens with zero attached hydrogens (tertiary/aromatic N) is 4. The Morgan fingerprint density at radius 3 is 2.78 bits per heavy atom. The van der Waals surface area contributed by atoms with Crippen molar-refractivity contribution in [3.63, 3.8) is 0 Å². The number of aromatic nitrogens is 3. The normalized spacial score (nSPS) is 16.1. The summed E-state index contributed by atoms with van der Waals surface area (Å²) in [6, 6.07) is 12.4. The summed E-state index contributed by atoms with van der Waals surface area (Å²) in [4.78, 5) is 7.64. The van der Waals surface area contributed by atoms with Crippen LogP contribution in [0.1, 0.15) is 12.8 Å². The predicted molar refractivity (Wildman–Crippen MR) is 136 cm³/mol. The van der Waals surface area contributed by atoms with Crippen LogP contribution in [0.4, 0.5) is 10.1 Å². The average Bonchev–Trinajstić information content (AvgIpc) is 3.60. The molecule has 10 heteroatoms. The fourth-order valence-electron chi connectivity index (χ4n) is 4.62. The van der Waals surface area contributed by atoms with Crippen molar-refractivity contribution in [1.29, 1.82) is 0 Å². The fraction of sp³-hybridized carbons (Fsp3) is 0.308. The van der Waals surface area contributed by atoms with Gasteiger partial charge in [0, 0.05) is 36.8 Å². The van der Waals surface area contributed by atoms with E-state index in [1.54, 1.807) is 18.7 Å². The van der Waals surface area contributed by atoms with Gasteiger partial charge in [-0.15, -0.1) is 5.10 Å². The molecule has 5 aromatic rings. The molecule has 1 fully saturated rings. The topological polar surface area (TPSA) is 74.3 Å². The first-order chi connectivity index (χ1) is 17.6. The molecule has 0 amide bonds. The lowest BCUT2D eigenvalue weighted by Gasteiger charge is -2.34. The molecule has 0 aliphatic carbocycles. The van der Waals surface area contributed by atoms with Gasteiger partial charge in [-0.2, -0.15) is 0 Å². The number of halogens is 1. The minimum atomic E-state index is -0.219. The number of imidazole rings is 1. The van der Waals surface area contributed by atoms with Gasteiger partial charge in [-0.1, -0.05) is 0 Å². The van der Waals surface area contributed by atoms with E-state index < -0.39 is 0 Å². The van der Waals surface area contributed by atoms with Crippen LogP contribution in [-0.2, 0) is 0 Å². The first-order valence-electron chi connectivity index (χ1n) is 11.7. The van der Waals surface area contributed by atoms with Gasteiger partial charge in [0.25, 0.3) is 5.19 Å². The van der Waals surface area contributed by atoms with Gasteiger partial charge in [0.1, 0.15) is 28.6 Å². The number of hydrogen-bond acceptors (Lipinski definition) is 8. The second kappa shape index (κ2) is 9.34. The molecule has 0 bridgehead atoms. The lowest BCUT2D eigenvalue weighted by Crippen LogP contribution is -2.37. The van der Waals surface area contributed by atoms with Crippen LogP contribution in [0.15, 0.2) is 53.1 Å². The van der Waals surface area contributed by atoms with Crippen LogP contribution in [0, 0.1) is 11.7 Å². The van der Waals surface area contributed by atoms with Crippen LogP contribution in [0.2, 0.25) is 0 Å². The molecule has 3 aromatic heterocycles. The predicted octanol–water partition coefficient (Wildman–Crippen LogP) is 5.66. The van der Waals surface area contributed by atoms with E-state index in [-0.39, 0.29) is 5.82 Å². The van der Waals surface area contributed by atoms with Gasteiger partial charge in [-0.3, -0.25) is 0 Å². The van der Waals surface area contributed by atoms with E-state index in [4.69, 9.17) is 18.6 Å². The highest BCUT2D eigenvalue weighted by Crippen LogP contribution is 2.38. The number of ether oxygens (including phenoxy) is 3.